The highest BCUT2D eigenvalue weighted by Crippen LogP contribution is 2.21. The summed E-state index contributed by atoms with van der Waals surface area (Å²) in [6.07, 6.45) is 1.66. The Morgan fingerprint density at radius 3 is 2.68 bits per heavy atom. The zero-order chi connectivity index (χ0) is 14.0. The van der Waals surface area contributed by atoms with E-state index in [1.165, 1.54) is 0 Å². The number of carbonyl (C=O) groups is 1. The highest BCUT2D eigenvalue weighted by molar-refractivity contribution is 5.94. The number of nitrogens with one attached hydrogen (secondary N) is 1. The molecule has 6 heteroatoms. The SMILES string of the molecule is Cc1cc(-c2n[nH]nc2C(=O)OC(C)(C)C)ccn1. The normalized spacial score (nSPS) is 11.4. The van der Waals surface area contributed by atoms with Gasteiger partial charge in [0.05, 0.1) is 0 Å². The highest BCUT2D eigenvalue weighted by Gasteiger charge is 2.24. The molecule has 0 aliphatic heterocycles. The number of ether oxygens (including phenoxy) is 1. The lowest BCUT2D eigenvalue weighted by molar-refractivity contribution is 0.00637. The Morgan fingerprint density at radius 2 is 2.05 bits per heavy atom. The second kappa shape index (κ2) is 4.79. The van der Waals surface area contributed by atoms with Crippen LogP contribution in [0, 0.1) is 6.92 Å². The summed E-state index contributed by atoms with van der Waals surface area (Å²) in [4.78, 5) is 16.1. The van der Waals surface area contributed by atoms with Crippen molar-refractivity contribution in [2.24, 2.45) is 0 Å². The molecule has 0 aliphatic carbocycles. The van der Waals surface area contributed by atoms with E-state index in [0.717, 1.165) is 11.3 Å². The summed E-state index contributed by atoms with van der Waals surface area (Å²) in [5.74, 6) is -0.495. The van der Waals surface area contributed by atoms with E-state index >= 15 is 0 Å². The lowest BCUT2D eigenvalue weighted by atomic mass is 10.1. The van der Waals surface area contributed by atoms with Crippen LogP contribution < -0.4 is 0 Å². The molecular weight excluding hydrogens is 244 g/mol. The smallest absolute Gasteiger partial charge is 0.361 e. The monoisotopic (exact) mass is 260 g/mol. The molecule has 0 fully saturated rings. The summed E-state index contributed by atoms with van der Waals surface area (Å²) >= 11 is 0. The minimum Gasteiger partial charge on any atom is -0.455 e. The molecule has 6 nitrogen and oxygen atoms in total. The molecule has 1 N–H and O–H groups in total. The fourth-order valence-electron chi connectivity index (χ4n) is 1.59. The molecule has 0 aromatic carbocycles. The maximum Gasteiger partial charge on any atom is 0.361 e. The van der Waals surface area contributed by atoms with Crippen LogP contribution in [0.2, 0.25) is 0 Å². The summed E-state index contributed by atoms with van der Waals surface area (Å²) < 4.78 is 5.30. The molecule has 0 unspecified atom stereocenters. The van der Waals surface area contributed by atoms with Crippen LogP contribution in [0.1, 0.15) is 37.0 Å². The summed E-state index contributed by atoms with van der Waals surface area (Å²) in [5, 5.41) is 10.4. The third-order valence-corrected chi connectivity index (χ3v) is 2.31. The number of aromatic nitrogens is 4. The van der Waals surface area contributed by atoms with Crippen molar-refractivity contribution in [2.45, 2.75) is 33.3 Å². The van der Waals surface area contributed by atoms with E-state index in [-0.39, 0.29) is 5.69 Å². The Labute approximate surface area is 111 Å². The standard InChI is InChI=1S/C13H16N4O2/c1-8-7-9(5-6-14-8)10-11(16-17-15-10)12(18)19-13(2,3)4/h5-7H,1-4H3,(H,15,16,17). The molecule has 0 atom stereocenters. The Bertz CT molecular complexity index is 599. The van der Waals surface area contributed by atoms with Gasteiger partial charge in [0.15, 0.2) is 5.69 Å². The summed E-state index contributed by atoms with van der Waals surface area (Å²) in [7, 11) is 0. The van der Waals surface area contributed by atoms with Gasteiger partial charge in [-0.25, -0.2) is 4.79 Å². The lowest BCUT2D eigenvalue weighted by Crippen LogP contribution is -2.24. The Balaban J connectivity index is 2.35. The van der Waals surface area contributed by atoms with E-state index in [0.29, 0.717) is 5.69 Å². The minimum atomic E-state index is -0.568. The van der Waals surface area contributed by atoms with Crippen LogP contribution in [-0.2, 0) is 4.74 Å². The molecule has 100 valence electrons. The first-order valence-electron chi connectivity index (χ1n) is 5.94. The Morgan fingerprint density at radius 1 is 1.32 bits per heavy atom. The van der Waals surface area contributed by atoms with Gasteiger partial charge in [-0.15, -0.1) is 5.10 Å². The van der Waals surface area contributed by atoms with Crippen molar-refractivity contribution in [2.75, 3.05) is 0 Å². The maximum absolute atomic E-state index is 12.0. The number of aryl methyl sites for hydroxylation is 1. The number of hydrogen-bond acceptors (Lipinski definition) is 5. The molecular formula is C13H16N4O2. The van der Waals surface area contributed by atoms with Crippen LogP contribution in [0.5, 0.6) is 0 Å². The number of esters is 1. The average Bonchev–Trinajstić information content (AvgIpc) is 2.75. The molecule has 0 aliphatic rings. The van der Waals surface area contributed by atoms with E-state index in [4.69, 9.17) is 4.74 Å². The molecule has 2 heterocycles. The molecule has 2 aromatic heterocycles. The fraction of sp³-hybridized carbons (Fsp3) is 0.385. The number of rotatable bonds is 2. The molecule has 2 rings (SSSR count). The number of carbonyl (C=O) groups excluding carboxylic acids is 1. The van der Waals surface area contributed by atoms with Gasteiger partial charge in [-0.05, 0) is 39.8 Å². The number of pyridine rings is 1. The zero-order valence-corrected chi connectivity index (χ0v) is 11.4. The maximum atomic E-state index is 12.0. The van der Waals surface area contributed by atoms with Crippen LogP contribution in [0.25, 0.3) is 11.3 Å². The van der Waals surface area contributed by atoms with Gasteiger partial charge >= 0.3 is 5.97 Å². The summed E-state index contributed by atoms with van der Waals surface area (Å²) in [5.41, 5.74) is 1.71. The van der Waals surface area contributed by atoms with Gasteiger partial charge in [0.2, 0.25) is 0 Å². The highest BCUT2D eigenvalue weighted by atomic mass is 16.6. The zero-order valence-electron chi connectivity index (χ0n) is 11.4. The van der Waals surface area contributed by atoms with Gasteiger partial charge in [-0.1, -0.05) is 0 Å². The largest absolute Gasteiger partial charge is 0.455 e. The second-order valence-corrected chi connectivity index (χ2v) is 5.21. The van der Waals surface area contributed by atoms with Crippen molar-refractivity contribution < 1.29 is 9.53 Å². The first-order valence-corrected chi connectivity index (χ1v) is 5.94. The van der Waals surface area contributed by atoms with Crippen LogP contribution in [0.15, 0.2) is 18.3 Å². The van der Waals surface area contributed by atoms with E-state index in [2.05, 4.69) is 20.4 Å². The third kappa shape index (κ3) is 3.15. The molecule has 0 saturated carbocycles. The van der Waals surface area contributed by atoms with Gasteiger partial charge in [0.1, 0.15) is 11.3 Å². The number of hydrogen-bond donors (Lipinski definition) is 1. The molecule has 0 spiro atoms. The van der Waals surface area contributed by atoms with Gasteiger partial charge in [-0.2, -0.15) is 10.3 Å². The molecule has 2 aromatic rings. The van der Waals surface area contributed by atoms with Crippen molar-refractivity contribution >= 4 is 5.97 Å². The Hall–Kier alpha value is -2.24. The third-order valence-electron chi connectivity index (χ3n) is 2.31. The molecule has 0 radical (unpaired) electrons. The minimum absolute atomic E-state index is 0.181. The van der Waals surface area contributed by atoms with Gasteiger partial charge in [0, 0.05) is 17.5 Å². The molecule has 0 amide bonds. The van der Waals surface area contributed by atoms with Crippen molar-refractivity contribution in [1.29, 1.82) is 0 Å². The number of nitrogens with zero attached hydrogens (tertiary/aromatic N) is 3. The topological polar surface area (TPSA) is 80.8 Å². The first kappa shape index (κ1) is 13.2. The van der Waals surface area contributed by atoms with Gasteiger partial charge in [0.25, 0.3) is 0 Å². The van der Waals surface area contributed by atoms with E-state index in [1.54, 1.807) is 33.0 Å². The molecule has 19 heavy (non-hydrogen) atoms. The predicted molar refractivity (Wildman–Crippen MR) is 69.5 cm³/mol. The van der Waals surface area contributed by atoms with E-state index in [9.17, 15) is 4.79 Å². The van der Waals surface area contributed by atoms with Crippen molar-refractivity contribution in [1.82, 2.24) is 20.4 Å². The van der Waals surface area contributed by atoms with Gasteiger partial charge in [-0.3, -0.25) is 4.98 Å². The van der Waals surface area contributed by atoms with Crippen molar-refractivity contribution in [3.05, 3.63) is 29.7 Å². The van der Waals surface area contributed by atoms with E-state index < -0.39 is 11.6 Å². The predicted octanol–water partition coefficient (Wildman–Crippen LogP) is 2.13. The average molecular weight is 260 g/mol. The van der Waals surface area contributed by atoms with Crippen LogP contribution >= 0.6 is 0 Å². The summed E-state index contributed by atoms with van der Waals surface area (Å²) in [6, 6.07) is 3.62. The quantitative estimate of drug-likeness (QED) is 0.836. The van der Waals surface area contributed by atoms with Crippen molar-refractivity contribution in [3.63, 3.8) is 0 Å². The fourth-order valence-corrected chi connectivity index (χ4v) is 1.59. The molecule has 0 bridgehead atoms. The number of aromatic amines is 1. The van der Waals surface area contributed by atoms with Crippen molar-refractivity contribution in [3.8, 4) is 11.3 Å². The lowest BCUT2D eigenvalue weighted by Gasteiger charge is -2.18. The Kier molecular flexibility index (Phi) is 3.33. The van der Waals surface area contributed by atoms with Crippen LogP contribution in [0.3, 0.4) is 0 Å². The van der Waals surface area contributed by atoms with Gasteiger partial charge < -0.3 is 4.74 Å². The molecule has 0 saturated heterocycles. The first-order chi connectivity index (χ1) is 8.87. The second-order valence-electron chi connectivity index (χ2n) is 5.21. The number of H-pyrrole nitrogens is 1. The van der Waals surface area contributed by atoms with E-state index in [1.807, 2.05) is 13.0 Å². The van der Waals surface area contributed by atoms with Crippen LogP contribution in [0.4, 0.5) is 0 Å². The summed E-state index contributed by atoms with van der Waals surface area (Å²) in [6.45, 7) is 7.29. The van der Waals surface area contributed by atoms with Crippen LogP contribution in [-0.4, -0.2) is 32.0 Å².